The Kier molecular flexibility index (Phi) is 5.98. The molecule has 2 rings (SSSR count). The fraction of sp³-hybridized carbons (Fsp3) is 0.278. The highest BCUT2D eigenvalue weighted by atomic mass is 19.2. The molecule has 24 heavy (non-hydrogen) atoms. The number of amides is 1. The Balaban J connectivity index is 2.09. The molecular formula is C18H18F3NO2. The summed E-state index contributed by atoms with van der Waals surface area (Å²) in [4.78, 5) is 12.0. The van der Waals surface area contributed by atoms with Gasteiger partial charge in [0.15, 0.2) is 17.5 Å². The average Bonchev–Trinajstić information content (AvgIpc) is 2.57. The van der Waals surface area contributed by atoms with Crippen LogP contribution in [0.25, 0.3) is 11.1 Å². The molecule has 0 saturated heterocycles. The Labute approximate surface area is 138 Å². The molecule has 2 aromatic rings. The molecule has 1 atom stereocenters. The van der Waals surface area contributed by atoms with E-state index in [1.54, 1.807) is 0 Å². The van der Waals surface area contributed by atoms with E-state index in [-0.39, 0.29) is 24.0 Å². The summed E-state index contributed by atoms with van der Waals surface area (Å²) >= 11 is 0. The minimum Gasteiger partial charge on any atom is -0.396 e. The molecule has 3 nitrogen and oxygen atoms in total. The van der Waals surface area contributed by atoms with E-state index in [1.165, 1.54) is 24.3 Å². The molecule has 0 aromatic heterocycles. The Hall–Kier alpha value is -2.34. The lowest BCUT2D eigenvalue weighted by atomic mass is 10.0. The summed E-state index contributed by atoms with van der Waals surface area (Å²) in [6.07, 6.45) is 0.598. The van der Waals surface area contributed by atoms with Gasteiger partial charge in [-0.25, -0.2) is 13.2 Å². The molecule has 2 N–H and O–H groups in total. The molecule has 6 heteroatoms. The van der Waals surface area contributed by atoms with E-state index in [0.29, 0.717) is 24.1 Å². The van der Waals surface area contributed by atoms with E-state index in [9.17, 15) is 18.0 Å². The van der Waals surface area contributed by atoms with Crippen molar-refractivity contribution in [3.63, 3.8) is 0 Å². The standard InChI is InChI=1S/C18H18F3NO2/c1-11(6-7-23)10-22-18(24)13-4-2-12(3-5-13)14-8-15(19)17(21)16(20)9-14/h2-5,8-9,11,23H,6-7,10H2,1H3,(H,22,24). The summed E-state index contributed by atoms with van der Waals surface area (Å²) in [5.41, 5.74) is 1.06. The highest BCUT2D eigenvalue weighted by molar-refractivity contribution is 5.94. The zero-order chi connectivity index (χ0) is 17.7. The highest BCUT2D eigenvalue weighted by Crippen LogP contribution is 2.24. The van der Waals surface area contributed by atoms with Crippen LogP contribution in [0.2, 0.25) is 0 Å². The van der Waals surface area contributed by atoms with Crippen molar-refractivity contribution in [3.8, 4) is 11.1 Å². The van der Waals surface area contributed by atoms with E-state index in [0.717, 1.165) is 12.1 Å². The number of rotatable bonds is 6. The number of benzene rings is 2. The van der Waals surface area contributed by atoms with Crippen LogP contribution < -0.4 is 5.32 Å². The van der Waals surface area contributed by atoms with Gasteiger partial charge in [-0.15, -0.1) is 0 Å². The van der Waals surface area contributed by atoms with Crippen LogP contribution in [0.3, 0.4) is 0 Å². The minimum atomic E-state index is -1.51. The molecule has 0 spiro atoms. The molecule has 0 fully saturated rings. The number of hydrogen-bond acceptors (Lipinski definition) is 2. The van der Waals surface area contributed by atoms with Crippen molar-refractivity contribution in [2.75, 3.05) is 13.2 Å². The predicted molar refractivity (Wildman–Crippen MR) is 85.0 cm³/mol. The van der Waals surface area contributed by atoms with Crippen LogP contribution in [0.1, 0.15) is 23.7 Å². The second-order valence-corrected chi connectivity index (χ2v) is 5.66. The quantitative estimate of drug-likeness (QED) is 0.793. The zero-order valence-electron chi connectivity index (χ0n) is 13.2. The summed E-state index contributed by atoms with van der Waals surface area (Å²) in [6, 6.07) is 7.95. The van der Waals surface area contributed by atoms with Crippen LogP contribution >= 0.6 is 0 Å². The van der Waals surface area contributed by atoms with Crippen LogP contribution in [-0.4, -0.2) is 24.2 Å². The van der Waals surface area contributed by atoms with E-state index < -0.39 is 17.5 Å². The van der Waals surface area contributed by atoms with Crippen molar-refractivity contribution in [1.29, 1.82) is 0 Å². The van der Waals surface area contributed by atoms with Crippen LogP contribution in [0.4, 0.5) is 13.2 Å². The number of nitrogens with one attached hydrogen (secondary N) is 1. The van der Waals surface area contributed by atoms with Gasteiger partial charge in [0.05, 0.1) is 0 Å². The monoisotopic (exact) mass is 337 g/mol. The van der Waals surface area contributed by atoms with Gasteiger partial charge < -0.3 is 10.4 Å². The van der Waals surface area contributed by atoms with Crippen molar-refractivity contribution in [1.82, 2.24) is 5.32 Å². The van der Waals surface area contributed by atoms with Gasteiger partial charge in [-0.1, -0.05) is 19.1 Å². The first-order valence-electron chi connectivity index (χ1n) is 7.56. The SMILES string of the molecule is CC(CCO)CNC(=O)c1ccc(-c2cc(F)c(F)c(F)c2)cc1. The second kappa shape index (κ2) is 7.97. The molecule has 128 valence electrons. The number of halogens is 3. The van der Waals surface area contributed by atoms with Crippen molar-refractivity contribution < 1.29 is 23.1 Å². The predicted octanol–water partition coefficient (Wildman–Crippen LogP) is 3.52. The normalized spacial score (nSPS) is 12.0. The van der Waals surface area contributed by atoms with Crippen molar-refractivity contribution in [3.05, 3.63) is 59.4 Å². The summed E-state index contributed by atoms with van der Waals surface area (Å²) in [5.74, 6) is -4.15. The Bertz CT molecular complexity index is 694. The lowest BCUT2D eigenvalue weighted by Crippen LogP contribution is -2.28. The smallest absolute Gasteiger partial charge is 0.251 e. The number of carbonyl (C=O) groups is 1. The molecule has 0 radical (unpaired) electrons. The molecule has 0 bridgehead atoms. The average molecular weight is 337 g/mol. The molecule has 0 aliphatic heterocycles. The molecule has 1 unspecified atom stereocenters. The van der Waals surface area contributed by atoms with Crippen LogP contribution in [0.15, 0.2) is 36.4 Å². The van der Waals surface area contributed by atoms with Gasteiger partial charge in [0.25, 0.3) is 5.91 Å². The van der Waals surface area contributed by atoms with Gasteiger partial charge in [0.1, 0.15) is 0 Å². The molecule has 0 aliphatic carbocycles. The van der Waals surface area contributed by atoms with E-state index in [4.69, 9.17) is 5.11 Å². The zero-order valence-corrected chi connectivity index (χ0v) is 13.2. The largest absolute Gasteiger partial charge is 0.396 e. The van der Waals surface area contributed by atoms with Gasteiger partial charge >= 0.3 is 0 Å². The fourth-order valence-corrected chi connectivity index (χ4v) is 2.23. The van der Waals surface area contributed by atoms with Crippen LogP contribution in [-0.2, 0) is 0 Å². The summed E-state index contributed by atoms with van der Waals surface area (Å²) < 4.78 is 39.5. The first kappa shape index (κ1) is 18.0. The van der Waals surface area contributed by atoms with E-state index in [2.05, 4.69) is 5.32 Å². The van der Waals surface area contributed by atoms with Crippen LogP contribution in [0.5, 0.6) is 0 Å². The van der Waals surface area contributed by atoms with Gasteiger partial charge in [0.2, 0.25) is 0 Å². The maximum Gasteiger partial charge on any atom is 0.251 e. The Morgan fingerprint density at radius 3 is 2.21 bits per heavy atom. The van der Waals surface area contributed by atoms with E-state index in [1.807, 2.05) is 6.92 Å². The summed E-state index contributed by atoms with van der Waals surface area (Å²) in [6.45, 7) is 2.42. The van der Waals surface area contributed by atoms with Crippen LogP contribution in [0, 0.1) is 23.4 Å². The van der Waals surface area contributed by atoms with Gasteiger partial charge in [-0.3, -0.25) is 4.79 Å². The highest BCUT2D eigenvalue weighted by Gasteiger charge is 2.12. The van der Waals surface area contributed by atoms with Gasteiger partial charge in [-0.05, 0) is 47.7 Å². The van der Waals surface area contributed by atoms with Crippen molar-refractivity contribution in [2.45, 2.75) is 13.3 Å². The second-order valence-electron chi connectivity index (χ2n) is 5.66. The summed E-state index contributed by atoms with van der Waals surface area (Å²) in [7, 11) is 0. The lowest BCUT2D eigenvalue weighted by Gasteiger charge is -2.11. The third kappa shape index (κ3) is 4.35. The Morgan fingerprint density at radius 1 is 1.08 bits per heavy atom. The number of aliphatic hydroxyl groups is 1. The third-order valence-electron chi connectivity index (χ3n) is 3.70. The van der Waals surface area contributed by atoms with E-state index >= 15 is 0 Å². The van der Waals surface area contributed by atoms with Crippen molar-refractivity contribution >= 4 is 5.91 Å². The van der Waals surface area contributed by atoms with Gasteiger partial charge in [0, 0.05) is 18.7 Å². The topological polar surface area (TPSA) is 49.3 Å². The molecule has 0 saturated carbocycles. The maximum atomic E-state index is 13.3. The molecule has 0 aliphatic rings. The minimum absolute atomic E-state index is 0.0660. The number of aliphatic hydroxyl groups excluding tert-OH is 1. The molecule has 2 aromatic carbocycles. The van der Waals surface area contributed by atoms with Crippen molar-refractivity contribution in [2.24, 2.45) is 5.92 Å². The number of hydrogen-bond donors (Lipinski definition) is 2. The first-order chi connectivity index (χ1) is 11.4. The Morgan fingerprint density at radius 2 is 1.67 bits per heavy atom. The lowest BCUT2D eigenvalue weighted by molar-refractivity contribution is 0.0945. The molecular weight excluding hydrogens is 319 g/mol. The third-order valence-corrected chi connectivity index (χ3v) is 3.70. The number of carbonyl (C=O) groups excluding carboxylic acids is 1. The van der Waals surface area contributed by atoms with Gasteiger partial charge in [-0.2, -0.15) is 0 Å². The summed E-state index contributed by atoms with van der Waals surface area (Å²) in [5, 5.41) is 11.6. The molecule has 1 amide bonds. The molecule has 0 heterocycles. The first-order valence-corrected chi connectivity index (χ1v) is 7.56. The maximum absolute atomic E-state index is 13.3. The fourth-order valence-electron chi connectivity index (χ4n) is 2.23.